The number of hydrazone groups is 1. The van der Waals surface area contributed by atoms with Crippen LogP contribution < -0.4 is 15.5 Å². The van der Waals surface area contributed by atoms with Gasteiger partial charge in [0.15, 0.2) is 0 Å². The third kappa shape index (κ3) is 5.92. The van der Waals surface area contributed by atoms with Crippen LogP contribution in [0, 0.1) is 13.8 Å². The molecule has 0 fully saturated rings. The van der Waals surface area contributed by atoms with E-state index in [1.807, 2.05) is 75.4 Å². The number of anilines is 1. The number of hydrogen-bond donors (Lipinski definition) is 2. The quantitative estimate of drug-likeness (QED) is 0.316. The lowest BCUT2D eigenvalue weighted by Gasteiger charge is -2.11. The van der Waals surface area contributed by atoms with Gasteiger partial charge in [0.05, 0.1) is 12.8 Å². The predicted molar refractivity (Wildman–Crippen MR) is 125 cm³/mol. The summed E-state index contributed by atoms with van der Waals surface area (Å²) in [5.41, 5.74) is 6.09. The van der Waals surface area contributed by atoms with Gasteiger partial charge < -0.3 is 10.1 Å². The number of nitrogens with one attached hydrogen (secondary N) is 2. The third-order valence-corrected chi connectivity index (χ3v) is 4.89. The molecule has 0 aliphatic carbocycles. The van der Waals surface area contributed by atoms with Crippen molar-refractivity contribution in [2.24, 2.45) is 5.10 Å². The van der Waals surface area contributed by atoms with Crippen molar-refractivity contribution in [3.63, 3.8) is 0 Å². The van der Waals surface area contributed by atoms with Gasteiger partial charge in [-0.3, -0.25) is 9.59 Å². The monoisotopic (exact) mass is 417 g/mol. The van der Waals surface area contributed by atoms with Crippen molar-refractivity contribution in [3.05, 3.63) is 71.3 Å². The van der Waals surface area contributed by atoms with Gasteiger partial charge in [-0.1, -0.05) is 43.3 Å². The molecular formula is C25H27N3O3. The molecule has 160 valence electrons. The molecule has 0 bridgehead atoms. The smallest absolute Gasteiger partial charge is 0.249 e. The van der Waals surface area contributed by atoms with Gasteiger partial charge in [-0.25, -0.2) is 5.43 Å². The van der Waals surface area contributed by atoms with E-state index in [-0.39, 0.29) is 6.42 Å². The van der Waals surface area contributed by atoms with E-state index in [2.05, 4.69) is 15.8 Å². The summed E-state index contributed by atoms with van der Waals surface area (Å²) in [7, 11) is 0. The Morgan fingerprint density at radius 1 is 1.00 bits per heavy atom. The first-order chi connectivity index (χ1) is 15.0. The molecule has 6 heteroatoms. The summed E-state index contributed by atoms with van der Waals surface area (Å²) in [6, 6.07) is 17.4. The predicted octanol–water partition coefficient (Wildman–Crippen LogP) is 4.72. The topological polar surface area (TPSA) is 79.8 Å². The molecule has 31 heavy (non-hydrogen) atoms. The van der Waals surface area contributed by atoms with E-state index < -0.39 is 11.8 Å². The molecule has 2 N–H and O–H groups in total. The van der Waals surface area contributed by atoms with Gasteiger partial charge in [-0.2, -0.15) is 5.10 Å². The second kappa shape index (κ2) is 10.4. The minimum absolute atomic E-state index is 0.320. The largest absolute Gasteiger partial charge is 0.493 e. The van der Waals surface area contributed by atoms with Gasteiger partial charge in [0.1, 0.15) is 12.2 Å². The Morgan fingerprint density at radius 2 is 1.81 bits per heavy atom. The Labute approximate surface area is 182 Å². The summed E-state index contributed by atoms with van der Waals surface area (Å²) < 4.78 is 5.83. The maximum absolute atomic E-state index is 12.2. The number of carbonyl (C=O) groups excluding carboxylic acids is 2. The molecule has 2 amide bonds. The average Bonchev–Trinajstić information content (AvgIpc) is 2.75. The van der Waals surface area contributed by atoms with Gasteiger partial charge in [-0.15, -0.1) is 0 Å². The molecule has 0 radical (unpaired) electrons. The Morgan fingerprint density at radius 3 is 2.58 bits per heavy atom. The van der Waals surface area contributed by atoms with Crippen molar-refractivity contribution in [1.82, 2.24) is 5.43 Å². The normalized spacial score (nSPS) is 10.9. The van der Waals surface area contributed by atoms with Crippen molar-refractivity contribution in [2.45, 2.75) is 33.6 Å². The molecule has 0 atom stereocenters. The van der Waals surface area contributed by atoms with E-state index in [1.165, 1.54) is 0 Å². The fourth-order valence-corrected chi connectivity index (χ4v) is 3.13. The second-order valence-electron chi connectivity index (χ2n) is 7.36. The maximum atomic E-state index is 12.2. The molecule has 3 aromatic rings. The van der Waals surface area contributed by atoms with Crippen molar-refractivity contribution >= 4 is 34.5 Å². The van der Waals surface area contributed by atoms with E-state index in [0.717, 1.165) is 33.9 Å². The molecule has 0 heterocycles. The number of amides is 2. The zero-order valence-corrected chi connectivity index (χ0v) is 18.1. The first-order valence-corrected chi connectivity index (χ1v) is 10.3. The molecule has 6 nitrogen and oxygen atoms in total. The minimum Gasteiger partial charge on any atom is -0.493 e. The molecule has 0 aliphatic rings. The molecule has 3 aromatic carbocycles. The van der Waals surface area contributed by atoms with Crippen LogP contribution in [0.1, 0.15) is 36.5 Å². The van der Waals surface area contributed by atoms with Crippen LogP contribution in [0.5, 0.6) is 5.75 Å². The number of fused-ring (bicyclic) bond motifs is 1. The summed E-state index contributed by atoms with van der Waals surface area (Å²) in [4.78, 5) is 24.3. The highest BCUT2D eigenvalue weighted by molar-refractivity contribution is 6.05. The number of nitrogens with zero attached hydrogens (tertiary/aromatic N) is 1. The lowest BCUT2D eigenvalue weighted by Crippen LogP contribution is -2.24. The van der Waals surface area contributed by atoms with E-state index in [4.69, 9.17) is 4.74 Å². The summed E-state index contributed by atoms with van der Waals surface area (Å²) in [6.07, 6.45) is 2.13. The SMILES string of the molecule is CCCOc1ccc2ccccc2c1C=NNC(=O)CC(=O)Nc1ccc(C)c(C)c1. The van der Waals surface area contributed by atoms with E-state index >= 15 is 0 Å². The summed E-state index contributed by atoms with van der Waals surface area (Å²) >= 11 is 0. The van der Waals surface area contributed by atoms with Gasteiger partial charge in [0.2, 0.25) is 11.8 Å². The van der Waals surface area contributed by atoms with Crippen LogP contribution in [-0.4, -0.2) is 24.6 Å². The van der Waals surface area contributed by atoms with Crippen LogP contribution in [0.25, 0.3) is 10.8 Å². The summed E-state index contributed by atoms with van der Waals surface area (Å²) in [5.74, 6) is -0.187. The van der Waals surface area contributed by atoms with Gasteiger partial charge in [-0.05, 0) is 60.4 Å². The van der Waals surface area contributed by atoms with Crippen LogP contribution in [0.4, 0.5) is 5.69 Å². The summed E-state index contributed by atoms with van der Waals surface area (Å²) in [5, 5.41) is 8.82. The highest BCUT2D eigenvalue weighted by Gasteiger charge is 2.10. The Kier molecular flexibility index (Phi) is 7.38. The van der Waals surface area contributed by atoms with Crippen LogP contribution in [0.2, 0.25) is 0 Å². The standard InChI is InChI=1S/C25H27N3O3/c1-4-13-31-23-12-10-19-7-5-6-8-21(19)22(23)16-26-28-25(30)15-24(29)27-20-11-9-17(2)18(3)14-20/h5-12,14,16H,4,13,15H2,1-3H3,(H,27,29)(H,28,30). The minimum atomic E-state index is -0.492. The van der Waals surface area contributed by atoms with E-state index in [1.54, 1.807) is 6.21 Å². The first-order valence-electron chi connectivity index (χ1n) is 10.3. The highest BCUT2D eigenvalue weighted by atomic mass is 16.5. The number of benzene rings is 3. The van der Waals surface area contributed by atoms with Crippen LogP contribution >= 0.6 is 0 Å². The fourth-order valence-electron chi connectivity index (χ4n) is 3.13. The number of carbonyl (C=O) groups is 2. The molecule has 0 saturated carbocycles. The van der Waals surface area contributed by atoms with Gasteiger partial charge >= 0.3 is 0 Å². The van der Waals surface area contributed by atoms with Crippen LogP contribution in [0.3, 0.4) is 0 Å². The number of ether oxygens (including phenoxy) is 1. The van der Waals surface area contributed by atoms with E-state index in [0.29, 0.717) is 18.0 Å². The Hall–Kier alpha value is -3.67. The Bertz CT molecular complexity index is 1120. The first kappa shape index (κ1) is 22.0. The number of aryl methyl sites for hydroxylation is 2. The Balaban J connectivity index is 1.65. The van der Waals surface area contributed by atoms with Crippen LogP contribution in [0.15, 0.2) is 59.7 Å². The molecular weight excluding hydrogens is 390 g/mol. The lowest BCUT2D eigenvalue weighted by atomic mass is 10.0. The fraction of sp³-hybridized carbons (Fsp3) is 0.240. The highest BCUT2D eigenvalue weighted by Crippen LogP contribution is 2.26. The molecule has 0 unspecified atom stereocenters. The number of rotatable bonds is 8. The van der Waals surface area contributed by atoms with Crippen molar-refractivity contribution in [1.29, 1.82) is 0 Å². The second-order valence-corrected chi connectivity index (χ2v) is 7.36. The van der Waals surface area contributed by atoms with Gasteiger partial charge in [0, 0.05) is 11.3 Å². The zero-order valence-electron chi connectivity index (χ0n) is 18.1. The molecule has 0 saturated heterocycles. The average molecular weight is 418 g/mol. The maximum Gasteiger partial charge on any atom is 0.249 e. The molecule has 0 aliphatic heterocycles. The lowest BCUT2D eigenvalue weighted by molar-refractivity contribution is -0.126. The van der Waals surface area contributed by atoms with Gasteiger partial charge in [0.25, 0.3) is 0 Å². The number of hydrogen-bond acceptors (Lipinski definition) is 4. The van der Waals surface area contributed by atoms with Crippen molar-refractivity contribution < 1.29 is 14.3 Å². The molecule has 0 spiro atoms. The van der Waals surface area contributed by atoms with E-state index in [9.17, 15) is 9.59 Å². The molecule has 0 aromatic heterocycles. The van der Waals surface area contributed by atoms with Crippen molar-refractivity contribution in [2.75, 3.05) is 11.9 Å². The summed E-state index contributed by atoms with van der Waals surface area (Å²) in [6.45, 7) is 6.60. The van der Waals surface area contributed by atoms with Crippen LogP contribution in [-0.2, 0) is 9.59 Å². The molecule has 3 rings (SSSR count). The zero-order chi connectivity index (χ0) is 22.2. The third-order valence-electron chi connectivity index (χ3n) is 4.89. The van der Waals surface area contributed by atoms with Crippen molar-refractivity contribution in [3.8, 4) is 5.75 Å².